The van der Waals surface area contributed by atoms with E-state index in [1.165, 1.54) is 17.5 Å². The number of benzene rings is 1. The quantitative estimate of drug-likeness (QED) is 0.664. The highest BCUT2D eigenvalue weighted by atomic mass is 16.5. The lowest BCUT2D eigenvalue weighted by molar-refractivity contribution is 0.0243. The minimum Gasteiger partial charge on any atom is -0.373 e. The molecule has 0 aromatic heterocycles. The van der Waals surface area contributed by atoms with Crippen LogP contribution in [0.5, 0.6) is 0 Å². The second-order valence-corrected chi connectivity index (χ2v) is 6.78. The molecule has 120 valence electrons. The van der Waals surface area contributed by atoms with Crippen molar-refractivity contribution < 1.29 is 4.74 Å². The van der Waals surface area contributed by atoms with Gasteiger partial charge in [-0.2, -0.15) is 0 Å². The van der Waals surface area contributed by atoms with Gasteiger partial charge in [0.05, 0.1) is 5.60 Å². The summed E-state index contributed by atoms with van der Waals surface area (Å²) in [5, 5.41) is 6.96. The fourth-order valence-corrected chi connectivity index (χ4v) is 3.32. The molecule has 0 amide bonds. The van der Waals surface area contributed by atoms with Gasteiger partial charge in [-0.05, 0) is 44.2 Å². The van der Waals surface area contributed by atoms with Gasteiger partial charge < -0.3 is 15.4 Å². The monoisotopic (exact) mass is 301 g/mol. The van der Waals surface area contributed by atoms with Gasteiger partial charge >= 0.3 is 0 Å². The first-order valence-electron chi connectivity index (χ1n) is 8.28. The zero-order chi connectivity index (χ0) is 15.6. The molecule has 1 aromatic rings. The lowest BCUT2D eigenvalue weighted by atomic mass is 10.0. The molecule has 2 N–H and O–H groups in total. The van der Waals surface area contributed by atoms with Crippen LogP contribution < -0.4 is 10.6 Å². The van der Waals surface area contributed by atoms with Crippen molar-refractivity contribution >= 4 is 5.96 Å². The van der Waals surface area contributed by atoms with E-state index in [0.29, 0.717) is 12.0 Å². The minimum absolute atomic E-state index is 0.0450. The Kier molecular flexibility index (Phi) is 4.39. The molecule has 4 heteroatoms. The summed E-state index contributed by atoms with van der Waals surface area (Å²) in [6, 6.07) is 9.15. The summed E-state index contributed by atoms with van der Waals surface area (Å²) >= 11 is 0. The Balaban J connectivity index is 1.51. The Morgan fingerprint density at radius 1 is 1.41 bits per heavy atom. The summed E-state index contributed by atoms with van der Waals surface area (Å²) in [5.41, 5.74) is 2.80. The van der Waals surface area contributed by atoms with Crippen molar-refractivity contribution in [2.24, 2.45) is 4.99 Å². The number of aliphatic imine (C=N–C) groups is 1. The third kappa shape index (κ3) is 3.43. The lowest BCUT2D eigenvalue weighted by Gasteiger charge is -2.24. The van der Waals surface area contributed by atoms with Crippen molar-refractivity contribution in [3.05, 3.63) is 35.4 Å². The number of nitrogens with zero attached hydrogens (tertiary/aromatic N) is 1. The van der Waals surface area contributed by atoms with E-state index in [4.69, 9.17) is 4.74 Å². The first kappa shape index (κ1) is 15.3. The van der Waals surface area contributed by atoms with Gasteiger partial charge in [0.2, 0.25) is 0 Å². The number of nitrogens with one attached hydrogen (secondary N) is 2. The highest BCUT2D eigenvalue weighted by Crippen LogP contribution is 2.42. The number of hydrogen-bond acceptors (Lipinski definition) is 2. The van der Waals surface area contributed by atoms with Crippen LogP contribution in [-0.2, 0) is 4.74 Å². The van der Waals surface area contributed by atoms with Gasteiger partial charge in [0.25, 0.3) is 0 Å². The smallest absolute Gasteiger partial charge is 0.191 e. The van der Waals surface area contributed by atoms with Crippen LogP contribution in [0.15, 0.2) is 29.3 Å². The zero-order valence-electron chi connectivity index (χ0n) is 13.9. The van der Waals surface area contributed by atoms with Gasteiger partial charge in [0, 0.05) is 32.2 Å². The predicted octanol–water partition coefficient (Wildman–Crippen LogP) is 2.59. The van der Waals surface area contributed by atoms with Gasteiger partial charge in [0.15, 0.2) is 5.96 Å². The van der Waals surface area contributed by atoms with E-state index in [1.807, 2.05) is 7.05 Å². The molecule has 22 heavy (non-hydrogen) atoms. The van der Waals surface area contributed by atoms with E-state index in [-0.39, 0.29) is 5.60 Å². The Hall–Kier alpha value is -1.55. The topological polar surface area (TPSA) is 45.7 Å². The van der Waals surface area contributed by atoms with Crippen molar-refractivity contribution in [2.45, 2.75) is 50.7 Å². The number of ether oxygens (including phenoxy) is 1. The molecular formula is C18H27N3O. The molecule has 3 atom stereocenters. The molecular weight excluding hydrogens is 274 g/mol. The first-order valence-corrected chi connectivity index (χ1v) is 8.28. The Labute approximate surface area is 133 Å². The van der Waals surface area contributed by atoms with Gasteiger partial charge in [-0.15, -0.1) is 0 Å². The van der Waals surface area contributed by atoms with Crippen molar-refractivity contribution in [3.63, 3.8) is 0 Å². The predicted molar refractivity (Wildman–Crippen MR) is 90.4 cm³/mol. The molecule has 1 aromatic carbocycles. The molecule has 4 nitrogen and oxygen atoms in total. The van der Waals surface area contributed by atoms with Gasteiger partial charge in [-0.1, -0.05) is 24.3 Å². The Bertz CT molecular complexity index is 549. The van der Waals surface area contributed by atoms with Crippen molar-refractivity contribution in [1.82, 2.24) is 10.6 Å². The van der Waals surface area contributed by atoms with Crippen LogP contribution in [0.4, 0.5) is 0 Å². The second-order valence-electron chi connectivity index (χ2n) is 6.78. The number of hydrogen-bond donors (Lipinski definition) is 2. The minimum atomic E-state index is -0.0450. The summed E-state index contributed by atoms with van der Waals surface area (Å²) in [6.45, 7) is 6.06. The molecule has 0 radical (unpaired) electrons. The van der Waals surface area contributed by atoms with E-state index < -0.39 is 0 Å². The highest BCUT2D eigenvalue weighted by Gasteiger charge is 2.40. The molecule has 0 bridgehead atoms. The molecule has 1 saturated heterocycles. The third-order valence-electron chi connectivity index (χ3n) is 4.85. The summed E-state index contributed by atoms with van der Waals surface area (Å²) < 4.78 is 5.82. The van der Waals surface area contributed by atoms with Crippen molar-refractivity contribution in [3.8, 4) is 0 Å². The highest BCUT2D eigenvalue weighted by molar-refractivity contribution is 5.80. The van der Waals surface area contributed by atoms with E-state index in [2.05, 4.69) is 53.7 Å². The maximum Gasteiger partial charge on any atom is 0.191 e. The molecule has 2 fully saturated rings. The number of guanidine groups is 1. The molecule has 1 aliphatic carbocycles. The van der Waals surface area contributed by atoms with Crippen LogP contribution in [0.2, 0.25) is 0 Å². The number of rotatable bonds is 4. The average Bonchev–Trinajstić information content (AvgIpc) is 3.14. The lowest BCUT2D eigenvalue weighted by Crippen LogP contribution is -2.46. The van der Waals surface area contributed by atoms with Crippen LogP contribution in [0.1, 0.15) is 43.2 Å². The SMILES string of the molecule is CN=C(NCC1(C)CCCO1)NC1CC1c1ccccc1C. The second kappa shape index (κ2) is 6.29. The van der Waals surface area contributed by atoms with E-state index in [9.17, 15) is 0 Å². The van der Waals surface area contributed by atoms with Gasteiger partial charge in [0.1, 0.15) is 0 Å². The van der Waals surface area contributed by atoms with Crippen molar-refractivity contribution in [2.75, 3.05) is 20.2 Å². The van der Waals surface area contributed by atoms with E-state index >= 15 is 0 Å². The maximum atomic E-state index is 5.82. The van der Waals surface area contributed by atoms with Gasteiger partial charge in [-0.25, -0.2) is 0 Å². The average molecular weight is 301 g/mol. The molecule has 2 aliphatic rings. The summed E-state index contributed by atoms with van der Waals surface area (Å²) in [5.74, 6) is 1.50. The molecule has 3 rings (SSSR count). The first-order chi connectivity index (χ1) is 10.6. The Morgan fingerprint density at radius 2 is 2.23 bits per heavy atom. The maximum absolute atomic E-state index is 5.82. The van der Waals surface area contributed by atoms with Crippen molar-refractivity contribution in [1.29, 1.82) is 0 Å². The van der Waals surface area contributed by atoms with E-state index in [1.54, 1.807) is 0 Å². The Morgan fingerprint density at radius 3 is 2.91 bits per heavy atom. The van der Waals surface area contributed by atoms with Crippen LogP contribution in [0.25, 0.3) is 0 Å². The molecule has 1 heterocycles. The normalized spacial score (nSPS) is 31.1. The largest absolute Gasteiger partial charge is 0.373 e. The number of aryl methyl sites for hydroxylation is 1. The van der Waals surface area contributed by atoms with Crippen LogP contribution in [-0.4, -0.2) is 37.8 Å². The van der Waals surface area contributed by atoms with E-state index in [0.717, 1.165) is 32.0 Å². The summed E-state index contributed by atoms with van der Waals surface area (Å²) in [4.78, 5) is 4.35. The van der Waals surface area contributed by atoms with Crippen LogP contribution in [0.3, 0.4) is 0 Å². The van der Waals surface area contributed by atoms with Gasteiger partial charge in [-0.3, -0.25) is 4.99 Å². The molecule has 0 spiro atoms. The molecule has 3 unspecified atom stereocenters. The summed E-state index contributed by atoms with van der Waals surface area (Å²) in [7, 11) is 1.83. The van der Waals surface area contributed by atoms with Crippen LogP contribution in [0, 0.1) is 6.92 Å². The standard InChI is InChI=1S/C18H27N3O/c1-13-7-4-5-8-14(13)15-11-16(15)21-17(19-3)20-12-18(2)9-6-10-22-18/h4-5,7-8,15-16H,6,9-12H2,1-3H3,(H2,19,20,21). The molecule has 1 aliphatic heterocycles. The third-order valence-corrected chi connectivity index (χ3v) is 4.85. The zero-order valence-corrected chi connectivity index (χ0v) is 13.9. The fraction of sp³-hybridized carbons (Fsp3) is 0.611. The molecule has 1 saturated carbocycles. The fourth-order valence-electron chi connectivity index (χ4n) is 3.32. The van der Waals surface area contributed by atoms with Crippen LogP contribution >= 0.6 is 0 Å². The summed E-state index contributed by atoms with van der Waals surface area (Å²) in [6.07, 6.45) is 3.45.